The summed E-state index contributed by atoms with van der Waals surface area (Å²) in [6.45, 7) is 1.61. The van der Waals surface area contributed by atoms with E-state index in [2.05, 4.69) is 15.8 Å². The van der Waals surface area contributed by atoms with Gasteiger partial charge in [0.2, 0.25) is 0 Å². The highest BCUT2D eigenvalue weighted by Gasteiger charge is 2.06. The number of rotatable bonds is 7. The van der Waals surface area contributed by atoms with Crippen molar-refractivity contribution in [1.29, 1.82) is 0 Å². The molecule has 3 aromatic rings. The molecule has 0 unspecified atom stereocenters. The van der Waals surface area contributed by atoms with Crippen molar-refractivity contribution in [2.75, 3.05) is 11.9 Å². The van der Waals surface area contributed by atoms with E-state index in [1.807, 2.05) is 30.3 Å². The zero-order valence-corrected chi connectivity index (χ0v) is 17.0. The van der Waals surface area contributed by atoms with Crippen LogP contribution in [0.25, 0.3) is 0 Å². The molecule has 3 rings (SSSR count). The molecule has 0 atom stereocenters. The van der Waals surface area contributed by atoms with Crippen molar-refractivity contribution >= 4 is 34.8 Å². The Morgan fingerprint density at radius 1 is 0.900 bits per heavy atom. The fourth-order valence-corrected chi connectivity index (χ4v) is 2.64. The third-order valence-corrected chi connectivity index (χ3v) is 4.38. The molecule has 3 aromatic carbocycles. The summed E-state index contributed by atoms with van der Waals surface area (Å²) in [7, 11) is 0. The predicted octanol–water partition coefficient (Wildman–Crippen LogP) is 4.51. The van der Waals surface area contributed by atoms with Crippen LogP contribution in [0.3, 0.4) is 0 Å². The predicted molar refractivity (Wildman–Crippen MR) is 118 cm³/mol. The van der Waals surface area contributed by atoms with E-state index in [4.69, 9.17) is 16.3 Å². The summed E-state index contributed by atoms with van der Waals surface area (Å²) in [4.78, 5) is 24.1. The van der Waals surface area contributed by atoms with Crippen molar-refractivity contribution < 1.29 is 14.3 Å². The number of hydrogen-bond acceptors (Lipinski definition) is 4. The van der Waals surface area contributed by atoms with Gasteiger partial charge in [0.25, 0.3) is 11.8 Å². The summed E-state index contributed by atoms with van der Waals surface area (Å²) in [5, 5.41) is 7.52. The van der Waals surface area contributed by atoms with Crippen molar-refractivity contribution in [3.63, 3.8) is 0 Å². The molecule has 0 heterocycles. The lowest BCUT2D eigenvalue weighted by atomic mass is 10.1. The maximum atomic E-state index is 12.2. The Bertz CT molecular complexity index is 1030. The molecule has 0 aliphatic carbocycles. The van der Waals surface area contributed by atoms with Crippen LogP contribution in [0.1, 0.15) is 22.8 Å². The van der Waals surface area contributed by atoms with Gasteiger partial charge in [0, 0.05) is 16.3 Å². The van der Waals surface area contributed by atoms with Crippen LogP contribution >= 0.6 is 11.6 Å². The van der Waals surface area contributed by atoms with Crippen LogP contribution in [-0.2, 0) is 4.79 Å². The summed E-state index contributed by atoms with van der Waals surface area (Å²) in [6.07, 6.45) is 0. The summed E-state index contributed by atoms with van der Waals surface area (Å²) in [6, 6.07) is 22.9. The Balaban J connectivity index is 1.51. The molecule has 2 amide bonds. The van der Waals surface area contributed by atoms with Crippen molar-refractivity contribution in [3.05, 3.63) is 95.0 Å². The zero-order valence-electron chi connectivity index (χ0n) is 16.3. The van der Waals surface area contributed by atoms with Gasteiger partial charge >= 0.3 is 0 Å². The van der Waals surface area contributed by atoms with E-state index in [1.165, 1.54) is 0 Å². The Morgan fingerprint density at radius 2 is 1.57 bits per heavy atom. The van der Waals surface area contributed by atoms with Gasteiger partial charge in [-0.25, -0.2) is 5.43 Å². The second-order valence-electron chi connectivity index (χ2n) is 6.37. The largest absolute Gasteiger partial charge is 0.484 e. The molecule has 0 radical (unpaired) electrons. The van der Waals surface area contributed by atoms with Crippen LogP contribution < -0.4 is 15.5 Å². The van der Waals surface area contributed by atoms with Crippen LogP contribution in [0.15, 0.2) is 84.0 Å². The van der Waals surface area contributed by atoms with E-state index in [-0.39, 0.29) is 18.4 Å². The number of benzene rings is 3. The molecule has 0 spiro atoms. The van der Waals surface area contributed by atoms with Crippen molar-refractivity contribution in [1.82, 2.24) is 5.43 Å². The Hall–Kier alpha value is -3.64. The smallest absolute Gasteiger partial charge is 0.277 e. The fraction of sp³-hybridized carbons (Fsp3) is 0.0870. The molecule has 0 aliphatic heterocycles. The molecular formula is C23H20ClN3O3. The minimum atomic E-state index is -0.379. The lowest BCUT2D eigenvalue weighted by Gasteiger charge is -2.08. The molecule has 30 heavy (non-hydrogen) atoms. The molecular weight excluding hydrogens is 402 g/mol. The second kappa shape index (κ2) is 10.2. The average Bonchev–Trinajstić information content (AvgIpc) is 2.78. The Morgan fingerprint density at radius 3 is 2.23 bits per heavy atom. The van der Waals surface area contributed by atoms with E-state index < -0.39 is 0 Å². The Labute approximate surface area is 179 Å². The number of carbonyl (C=O) groups excluding carboxylic acids is 2. The first-order valence-corrected chi connectivity index (χ1v) is 9.57. The topological polar surface area (TPSA) is 79.8 Å². The summed E-state index contributed by atoms with van der Waals surface area (Å²) in [5.41, 5.74) is 5.15. The number of nitrogens with one attached hydrogen (secondary N) is 2. The van der Waals surface area contributed by atoms with Gasteiger partial charge in [-0.2, -0.15) is 5.10 Å². The molecule has 152 valence electrons. The average molecular weight is 422 g/mol. The van der Waals surface area contributed by atoms with Crippen molar-refractivity contribution in [3.8, 4) is 5.75 Å². The number of amides is 2. The number of ether oxygens (including phenoxy) is 1. The highest BCUT2D eigenvalue weighted by atomic mass is 35.5. The van der Waals surface area contributed by atoms with Gasteiger partial charge in [0.1, 0.15) is 5.75 Å². The van der Waals surface area contributed by atoms with Crippen LogP contribution in [0.5, 0.6) is 5.75 Å². The molecule has 0 bridgehead atoms. The summed E-state index contributed by atoms with van der Waals surface area (Å²) >= 11 is 5.81. The highest BCUT2D eigenvalue weighted by Crippen LogP contribution is 2.15. The first kappa shape index (κ1) is 21.1. The van der Waals surface area contributed by atoms with Gasteiger partial charge < -0.3 is 10.1 Å². The first-order chi connectivity index (χ1) is 14.5. The summed E-state index contributed by atoms with van der Waals surface area (Å²) < 4.78 is 5.37. The van der Waals surface area contributed by atoms with Gasteiger partial charge in [-0.1, -0.05) is 41.9 Å². The molecule has 0 aliphatic rings. The minimum Gasteiger partial charge on any atom is -0.484 e. The quantitative estimate of drug-likeness (QED) is 0.435. The zero-order chi connectivity index (χ0) is 21.3. The van der Waals surface area contributed by atoms with Crippen LogP contribution in [0.4, 0.5) is 5.69 Å². The van der Waals surface area contributed by atoms with Crippen LogP contribution in [0, 0.1) is 0 Å². The fourth-order valence-electron chi connectivity index (χ4n) is 2.51. The number of anilines is 1. The van der Waals surface area contributed by atoms with Crippen molar-refractivity contribution in [2.24, 2.45) is 5.10 Å². The molecule has 6 nitrogen and oxygen atoms in total. The third kappa shape index (κ3) is 6.18. The number of carbonyl (C=O) groups is 2. The number of hydrogen-bond donors (Lipinski definition) is 2. The monoisotopic (exact) mass is 421 g/mol. The van der Waals surface area contributed by atoms with Gasteiger partial charge in [-0.3, -0.25) is 9.59 Å². The van der Waals surface area contributed by atoms with E-state index in [0.29, 0.717) is 27.7 Å². The molecule has 0 saturated carbocycles. The normalized spacial score (nSPS) is 10.9. The van der Waals surface area contributed by atoms with E-state index in [0.717, 1.165) is 5.56 Å². The second-order valence-corrected chi connectivity index (χ2v) is 6.81. The third-order valence-electron chi connectivity index (χ3n) is 4.13. The van der Waals surface area contributed by atoms with Crippen LogP contribution in [-0.4, -0.2) is 24.1 Å². The van der Waals surface area contributed by atoms with Crippen molar-refractivity contribution in [2.45, 2.75) is 6.92 Å². The van der Waals surface area contributed by atoms with E-state index in [1.54, 1.807) is 55.5 Å². The van der Waals surface area contributed by atoms with Gasteiger partial charge in [-0.05, 0) is 61.0 Å². The summed E-state index contributed by atoms with van der Waals surface area (Å²) in [5.74, 6) is -0.0128. The maximum Gasteiger partial charge on any atom is 0.277 e. The SMILES string of the molecule is C/C(=N/NC(=O)COc1ccc(Cl)cc1)c1ccc(NC(=O)c2ccccc2)cc1. The number of nitrogens with zero attached hydrogens (tertiary/aromatic N) is 1. The maximum absolute atomic E-state index is 12.2. The lowest BCUT2D eigenvalue weighted by Crippen LogP contribution is -2.25. The number of hydrazone groups is 1. The van der Waals surface area contributed by atoms with Gasteiger partial charge in [0.15, 0.2) is 6.61 Å². The van der Waals surface area contributed by atoms with E-state index >= 15 is 0 Å². The minimum absolute atomic E-state index is 0.164. The van der Waals surface area contributed by atoms with Gasteiger partial charge in [0.05, 0.1) is 5.71 Å². The van der Waals surface area contributed by atoms with Gasteiger partial charge in [-0.15, -0.1) is 0 Å². The number of halogens is 1. The highest BCUT2D eigenvalue weighted by molar-refractivity contribution is 6.30. The standard InChI is InChI=1S/C23H20ClN3O3/c1-16(26-27-22(28)15-30-21-13-9-19(24)10-14-21)17-7-11-20(12-8-17)25-23(29)18-5-3-2-4-6-18/h2-14H,15H2,1H3,(H,25,29)(H,27,28)/b26-16-. The van der Waals surface area contributed by atoms with E-state index in [9.17, 15) is 9.59 Å². The lowest BCUT2D eigenvalue weighted by molar-refractivity contribution is -0.123. The molecule has 7 heteroatoms. The molecule has 0 saturated heterocycles. The Kier molecular flexibility index (Phi) is 7.19. The molecule has 2 N–H and O–H groups in total. The first-order valence-electron chi connectivity index (χ1n) is 9.19. The molecule has 0 fully saturated rings. The molecule has 0 aromatic heterocycles. The van der Waals surface area contributed by atoms with Crippen LogP contribution in [0.2, 0.25) is 5.02 Å².